The molecule has 1 aliphatic rings. The summed E-state index contributed by atoms with van der Waals surface area (Å²) in [5.74, 6) is -2.82. The zero-order chi connectivity index (χ0) is 35.5. The van der Waals surface area contributed by atoms with E-state index in [4.69, 9.17) is 25.0 Å². The van der Waals surface area contributed by atoms with E-state index in [1.807, 2.05) is 18.6 Å². The van der Waals surface area contributed by atoms with Crippen LogP contribution in [-0.2, 0) is 19.5 Å². The van der Waals surface area contributed by atoms with Crippen molar-refractivity contribution in [2.45, 2.75) is 62.4 Å². The van der Waals surface area contributed by atoms with Gasteiger partial charge in [-0.15, -0.1) is 0 Å². The van der Waals surface area contributed by atoms with Gasteiger partial charge in [-0.2, -0.15) is 5.10 Å². The number of nitrogen functional groups attached to an aromatic ring is 1. The fourth-order valence-electron chi connectivity index (χ4n) is 6.55. The molecule has 2 aromatic heterocycles. The first-order valence-corrected chi connectivity index (χ1v) is 17.6. The van der Waals surface area contributed by atoms with Crippen molar-refractivity contribution in [2.75, 3.05) is 58.1 Å². The van der Waals surface area contributed by atoms with Gasteiger partial charge in [0.05, 0.1) is 36.9 Å². The Balaban J connectivity index is 1.49. The third kappa shape index (κ3) is 7.64. The molecule has 2 heterocycles. The van der Waals surface area contributed by atoms with Crippen LogP contribution in [0, 0.1) is 17.5 Å². The number of anilines is 2. The zero-order valence-electron chi connectivity index (χ0n) is 28.3. The van der Waals surface area contributed by atoms with Crippen molar-refractivity contribution in [1.82, 2.24) is 19.7 Å². The third-order valence-corrected chi connectivity index (χ3v) is 10.5. The van der Waals surface area contributed by atoms with Gasteiger partial charge in [0.1, 0.15) is 39.6 Å². The average molecular weight is 705 g/mol. The largest absolute Gasteiger partial charge is 0.497 e. The Morgan fingerprint density at radius 3 is 2.27 bits per heavy atom. The van der Waals surface area contributed by atoms with Crippen LogP contribution >= 0.6 is 0 Å². The monoisotopic (exact) mass is 704 g/mol. The molecule has 0 saturated heterocycles. The molecule has 0 aliphatic heterocycles. The Bertz CT molecular complexity index is 1890. The second-order valence-corrected chi connectivity index (χ2v) is 14.1. The van der Waals surface area contributed by atoms with Gasteiger partial charge in [-0.25, -0.2) is 26.6 Å². The lowest BCUT2D eigenvalue weighted by Gasteiger charge is -2.37. The highest BCUT2D eigenvalue weighted by Crippen LogP contribution is 2.43. The van der Waals surface area contributed by atoms with E-state index in [2.05, 4.69) is 9.88 Å². The van der Waals surface area contributed by atoms with E-state index in [0.717, 1.165) is 62.5 Å². The molecule has 15 heteroatoms. The lowest BCUT2D eigenvalue weighted by Crippen LogP contribution is -2.41. The average Bonchev–Trinajstić information content (AvgIpc) is 3.48. The summed E-state index contributed by atoms with van der Waals surface area (Å²) in [6.45, 7) is 6.76. The molecule has 1 aliphatic carbocycles. The molecule has 0 radical (unpaired) electrons. The highest BCUT2D eigenvalue weighted by atomic mass is 32.2. The molecule has 266 valence electrons. The van der Waals surface area contributed by atoms with E-state index in [1.165, 1.54) is 13.2 Å². The van der Waals surface area contributed by atoms with Gasteiger partial charge in [0.25, 0.3) is 10.0 Å². The number of aromatic nitrogens is 3. The number of benzene rings is 2. The van der Waals surface area contributed by atoms with Gasteiger partial charge < -0.3 is 19.9 Å². The summed E-state index contributed by atoms with van der Waals surface area (Å²) in [5.41, 5.74) is 7.21. The summed E-state index contributed by atoms with van der Waals surface area (Å²) in [7, 11) is 0.0173. The number of halogens is 3. The molecule has 2 aromatic carbocycles. The maximum Gasteiger partial charge on any atom is 0.265 e. The minimum atomic E-state index is -4.66. The maximum atomic E-state index is 15.9. The quantitative estimate of drug-likeness (QED) is 0.160. The van der Waals surface area contributed by atoms with Gasteiger partial charge in [-0.05, 0) is 69.2 Å². The van der Waals surface area contributed by atoms with Crippen LogP contribution in [0.25, 0.3) is 22.2 Å². The summed E-state index contributed by atoms with van der Waals surface area (Å²) < 4.78 is 91.3. The summed E-state index contributed by atoms with van der Waals surface area (Å²) in [5, 5.41) is 5.11. The van der Waals surface area contributed by atoms with Crippen molar-refractivity contribution < 1.29 is 35.8 Å². The van der Waals surface area contributed by atoms with Crippen LogP contribution in [0.3, 0.4) is 0 Å². The van der Waals surface area contributed by atoms with Crippen molar-refractivity contribution in [1.29, 1.82) is 0 Å². The molecular weight excluding hydrogens is 661 g/mol. The Morgan fingerprint density at radius 1 is 0.980 bits per heavy atom. The Labute approximate surface area is 284 Å². The van der Waals surface area contributed by atoms with Crippen molar-refractivity contribution in [3.63, 3.8) is 0 Å². The minimum Gasteiger partial charge on any atom is -0.497 e. The number of pyridine rings is 1. The maximum absolute atomic E-state index is 15.9. The van der Waals surface area contributed by atoms with Crippen LogP contribution in [0.2, 0.25) is 0 Å². The number of nitrogens with zero attached hydrogens (tertiary/aromatic N) is 4. The molecule has 0 atom stereocenters. The van der Waals surface area contributed by atoms with Crippen molar-refractivity contribution in [2.24, 2.45) is 0 Å². The standard InChI is InChI=1S/C34H43F3N6O5S/c1-20(2)43-33-25(21-6-8-22(9-7-21)42(12-14-46-3)13-15-47-4)19-39-34(38)31(33)32(40-43)24-17-28(37)29(18-27(24)36)41-49(44,45)30-16-23(48-5)10-11-26(30)35/h10-11,16-22,41H,6-9,12-15H2,1-5H3,(H2,38,39). The number of nitrogens with two attached hydrogens (primary N) is 1. The molecule has 0 unspecified atom stereocenters. The molecule has 5 rings (SSSR count). The number of ether oxygens (including phenoxy) is 3. The van der Waals surface area contributed by atoms with E-state index in [9.17, 15) is 12.8 Å². The van der Waals surface area contributed by atoms with Gasteiger partial charge in [-0.3, -0.25) is 14.3 Å². The normalized spacial score (nSPS) is 16.9. The summed E-state index contributed by atoms with van der Waals surface area (Å²) >= 11 is 0. The molecule has 0 bridgehead atoms. The summed E-state index contributed by atoms with van der Waals surface area (Å²) in [6, 6.07) is 4.86. The van der Waals surface area contributed by atoms with Crippen LogP contribution in [0.5, 0.6) is 5.75 Å². The Hall–Kier alpha value is -3.92. The van der Waals surface area contributed by atoms with Crippen LogP contribution in [0.4, 0.5) is 24.7 Å². The molecule has 1 fully saturated rings. The Kier molecular flexibility index (Phi) is 11.4. The number of fused-ring (bicyclic) bond motifs is 1. The molecule has 1 saturated carbocycles. The predicted molar refractivity (Wildman–Crippen MR) is 182 cm³/mol. The van der Waals surface area contributed by atoms with Crippen LogP contribution < -0.4 is 15.2 Å². The smallest absolute Gasteiger partial charge is 0.265 e. The van der Waals surface area contributed by atoms with E-state index in [-0.39, 0.29) is 34.8 Å². The molecule has 0 amide bonds. The van der Waals surface area contributed by atoms with Crippen LogP contribution in [-0.4, -0.2) is 81.8 Å². The summed E-state index contributed by atoms with van der Waals surface area (Å²) in [6.07, 6.45) is 5.42. The van der Waals surface area contributed by atoms with Crippen molar-refractivity contribution in [3.05, 3.63) is 59.5 Å². The second-order valence-electron chi connectivity index (χ2n) is 12.5. The first-order valence-electron chi connectivity index (χ1n) is 16.1. The van der Waals surface area contributed by atoms with E-state index >= 15 is 8.78 Å². The van der Waals surface area contributed by atoms with Gasteiger partial charge in [0, 0.05) is 63.3 Å². The van der Waals surface area contributed by atoms with Gasteiger partial charge in [-0.1, -0.05) is 0 Å². The van der Waals surface area contributed by atoms with Crippen LogP contribution in [0.15, 0.2) is 41.4 Å². The Morgan fingerprint density at radius 2 is 1.65 bits per heavy atom. The van der Waals surface area contributed by atoms with Crippen molar-refractivity contribution >= 4 is 32.4 Å². The first kappa shape index (κ1) is 36.4. The predicted octanol–water partition coefficient (Wildman–Crippen LogP) is 6.11. The third-order valence-electron chi connectivity index (χ3n) is 9.07. The number of hydrogen-bond donors (Lipinski definition) is 2. The highest BCUT2D eigenvalue weighted by Gasteiger charge is 2.31. The SMILES string of the molecule is COCCN(CCOC)C1CCC(c2cnc(N)c3c(-c4cc(F)c(NS(=O)(=O)c5cc(OC)ccc5F)cc4F)nn(C(C)C)c23)CC1. The van der Waals surface area contributed by atoms with Crippen LogP contribution in [0.1, 0.15) is 57.1 Å². The zero-order valence-corrected chi connectivity index (χ0v) is 29.1. The van der Waals surface area contributed by atoms with E-state index in [1.54, 1.807) is 25.1 Å². The molecule has 0 spiro atoms. The molecular formula is C34H43F3N6O5S. The lowest BCUT2D eigenvalue weighted by molar-refractivity contribution is 0.0716. The topological polar surface area (TPSA) is 134 Å². The number of rotatable bonds is 14. The summed E-state index contributed by atoms with van der Waals surface area (Å²) in [4.78, 5) is 6.10. The molecule has 11 nitrogen and oxygen atoms in total. The highest BCUT2D eigenvalue weighted by molar-refractivity contribution is 7.92. The number of hydrogen-bond acceptors (Lipinski definition) is 9. The number of sulfonamides is 1. The fraction of sp³-hybridized carbons (Fsp3) is 0.471. The fourth-order valence-corrected chi connectivity index (χ4v) is 7.70. The van der Waals surface area contributed by atoms with Gasteiger partial charge in [0.2, 0.25) is 0 Å². The van der Waals surface area contributed by atoms with E-state index in [0.29, 0.717) is 36.2 Å². The van der Waals surface area contributed by atoms with E-state index < -0.39 is 38.1 Å². The van der Waals surface area contributed by atoms with Gasteiger partial charge in [0.15, 0.2) is 0 Å². The molecule has 49 heavy (non-hydrogen) atoms. The molecule has 3 N–H and O–H groups in total. The van der Waals surface area contributed by atoms with Crippen molar-refractivity contribution in [3.8, 4) is 17.0 Å². The minimum absolute atomic E-state index is 0.0705. The lowest BCUT2D eigenvalue weighted by atomic mass is 9.81. The molecule has 4 aromatic rings. The number of methoxy groups -OCH3 is 3. The van der Waals surface area contributed by atoms with Gasteiger partial charge >= 0.3 is 0 Å². The first-order chi connectivity index (χ1) is 23.4. The number of nitrogens with one attached hydrogen (secondary N) is 1. The second kappa shape index (κ2) is 15.3.